The molecule has 0 aliphatic rings. The van der Waals surface area contributed by atoms with Gasteiger partial charge in [0.1, 0.15) is 19.3 Å². The van der Waals surface area contributed by atoms with Crippen molar-refractivity contribution in [3.63, 3.8) is 0 Å². The van der Waals surface area contributed by atoms with Gasteiger partial charge in [0.2, 0.25) is 0 Å². The average Bonchev–Trinajstić information content (AvgIpc) is 0.966. The number of aliphatic hydroxyl groups excluding tert-OH is 1. The number of unbranched alkanes of at least 4 members (excludes halogenated alkanes) is 39. The van der Waals surface area contributed by atoms with Gasteiger partial charge in [-0.25, -0.2) is 9.13 Å². The molecule has 0 aromatic heterocycles. The van der Waals surface area contributed by atoms with Crippen LogP contribution in [0.2, 0.25) is 0 Å². The summed E-state index contributed by atoms with van der Waals surface area (Å²) < 4.78 is 68.5. The zero-order valence-corrected chi connectivity index (χ0v) is 64.3. The van der Waals surface area contributed by atoms with Gasteiger partial charge in [0.05, 0.1) is 26.4 Å². The summed E-state index contributed by atoms with van der Waals surface area (Å²) in [5, 5.41) is 10.6. The number of phosphoric ester groups is 2. The maximum absolute atomic E-state index is 13.1. The summed E-state index contributed by atoms with van der Waals surface area (Å²) in [4.78, 5) is 72.9. The van der Waals surface area contributed by atoms with Crippen molar-refractivity contribution in [2.24, 2.45) is 0 Å². The largest absolute Gasteiger partial charge is 0.472 e. The van der Waals surface area contributed by atoms with E-state index in [1.807, 2.05) is 0 Å². The Bertz CT molecular complexity index is 2100. The van der Waals surface area contributed by atoms with Gasteiger partial charge in [-0.1, -0.05) is 281 Å². The second kappa shape index (κ2) is 72.1. The molecule has 0 aromatic rings. The van der Waals surface area contributed by atoms with Crippen molar-refractivity contribution in [3.8, 4) is 0 Å². The molecular formula is C79H144O17P2. The summed E-state index contributed by atoms with van der Waals surface area (Å²) in [5.41, 5.74) is 0. The first kappa shape index (κ1) is 94.8. The molecule has 3 N–H and O–H groups in total. The van der Waals surface area contributed by atoms with Crippen LogP contribution in [0.1, 0.15) is 362 Å². The van der Waals surface area contributed by atoms with Crippen LogP contribution in [0.5, 0.6) is 0 Å². The van der Waals surface area contributed by atoms with Crippen LogP contribution < -0.4 is 0 Å². The lowest BCUT2D eigenvalue weighted by Crippen LogP contribution is -2.30. The fourth-order valence-corrected chi connectivity index (χ4v) is 12.4. The number of esters is 4. The van der Waals surface area contributed by atoms with Crippen LogP contribution in [0.4, 0.5) is 0 Å². The number of carbonyl (C=O) groups is 4. The van der Waals surface area contributed by atoms with Crippen LogP contribution >= 0.6 is 15.6 Å². The molecule has 19 heteroatoms. The molecule has 0 radical (unpaired) electrons. The van der Waals surface area contributed by atoms with Crippen LogP contribution in [0.25, 0.3) is 0 Å². The lowest BCUT2D eigenvalue weighted by molar-refractivity contribution is -0.161. The quantitative estimate of drug-likeness (QED) is 0.0169. The van der Waals surface area contributed by atoms with E-state index in [0.29, 0.717) is 25.7 Å². The molecule has 0 aliphatic heterocycles. The van der Waals surface area contributed by atoms with Gasteiger partial charge in [-0.2, -0.15) is 0 Å². The van der Waals surface area contributed by atoms with Crippen LogP contribution in [-0.4, -0.2) is 96.7 Å². The van der Waals surface area contributed by atoms with Crippen molar-refractivity contribution < 1.29 is 80.2 Å². The average molecular weight is 1430 g/mol. The Hall–Kier alpha value is -3.24. The molecule has 5 unspecified atom stereocenters. The van der Waals surface area contributed by atoms with E-state index in [0.717, 1.165) is 161 Å². The van der Waals surface area contributed by atoms with Crippen molar-refractivity contribution in [3.05, 3.63) is 60.8 Å². The van der Waals surface area contributed by atoms with Crippen molar-refractivity contribution in [1.82, 2.24) is 0 Å². The Morgan fingerprint density at radius 1 is 0.286 bits per heavy atom. The molecule has 5 atom stereocenters. The summed E-state index contributed by atoms with van der Waals surface area (Å²) in [5.74, 6) is -2.18. The Morgan fingerprint density at radius 3 is 0.806 bits per heavy atom. The minimum Gasteiger partial charge on any atom is -0.462 e. The van der Waals surface area contributed by atoms with Gasteiger partial charge < -0.3 is 33.8 Å². The van der Waals surface area contributed by atoms with Crippen molar-refractivity contribution in [2.75, 3.05) is 39.6 Å². The molecule has 0 amide bonds. The molecule has 0 heterocycles. The number of allylic oxidation sites excluding steroid dienone is 10. The Balaban J connectivity index is 5.31. The summed E-state index contributed by atoms with van der Waals surface area (Å²) >= 11 is 0. The summed E-state index contributed by atoms with van der Waals surface area (Å²) in [6, 6.07) is 0. The summed E-state index contributed by atoms with van der Waals surface area (Å²) in [6.07, 6.45) is 70.5. The number of hydrogen-bond donors (Lipinski definition) is 3. The second-order valence-electron chi connectivity index (χ2n) is 26.7. The van der Waals surface area contributed by atoms with Gasteiger partial charge in [-0.15, -0.1) is 0 Å². The molecule has 572 valence electrons. The summed E-state index contributed by atoms with van der Waals surface area (Å²) in [6.45, 7) is 4.84. The van der Waals surface area contributed by atoms with Gasteiger partial charge in [0.15, 0.2) is 12.2 Å². The molecule has 0 rings (SSSR count). The standard InChI is InChI=1S/C79H144O17P2/c1-5-9-13-17-21-25-29-33-34-35-36-37-38-42-44-48-52-56-60-64-77(82)90-70-75(96-79(84)66-62-58-54-50-46-41-32-28-24-20-16-12-8-4)72-94-98(87,88)92-68-73(80)67-91-97(85,86)93-71-74(95-78(83)65-61-57-53-49-45-40-31-27-23-19-15-11-7-3)69-89-76(81)63-59-55-51-47-43-39-30-26-22-18-14-10-6-2/h21,25-27,30-31,33-34,36-37,73-75,80H,5-20,22-24,28-29,32,35,38-72H2,1-4H3,(H,85,86)(H,87,88)/b25-21-,30-26-,31-27-,34-33-,37-36-. The Morgan fingerprint density at radius 2 is 0.500 bits per heavy atom. The molecule has 0 bridgehead atoms. The van der Waals surface area contributed by atoms with Gasteiger partial charge in [0.25, 0.3) is 0 Å². The highest BCUT2D eigenvalue weighted by atomic mass is 31.2. The highest BCUT2D eigenvalue weighted by Crippen LogP contribution is 2.45. The number of carbonyl (C=O) groups excluding carboxylic acids is 4. The molecule has 0 aromatic carbocycles. The lowest BCUT2D eigenvalue weighted by atomic mass is 10.0. The van der Waals surface area contributed by atoms with Crippen LogP contribution in [-0.2, 0) is 65.4 Å². The smallest absolute Gasteiger partial charge is 0.462 e. The van der Waals surface area contributed by atoms with E-state index in [-0.39, 0.29) is 25.7 Å². The van der Waals surface area contributed by atoms with E-state index >= 15 is 0 Å². The first-order valence-electron chi connectivity index (χ1n) is 39.5. The van der Waals surface area contributed by atoms with E-state index in [2.05, 4.69) is 88.5 Å². The molecule has 98 heavy (non-hydrogen) atoms. The number of phosphoric acid groups is 2. The monoisotopic (exact) mass is 1430 g/mol. The predicted molar refractivity (Wildman–Crippen MR) is 400 cm³/mol. The SMILES string of the molecule is CCCCC/C=C\C/C=C\C/C=C\CCCCCCCCC(=O)OCC(COP(=O)(O)OCC(O)COP(=O)(O)OCC(COC(=O)CCCCCCC/C=C\CCCCCC)OC(=O)CCCCCCC/C=C\CCCCCC)OC(=O)CCCCCCCCCCCCCCC. The van der Waals surface area contributed by atoms with Gasteiger partial charge in [-0.3, -0.25) is 37.3 Å². The molecule has 0 saturated heterocycles. The molecule has 0 spiro atoms. The fraction of sp³-hybridized carbons (Fsp3) is 0.823. The van der Waals surface area contributed by atoms with E-state index in [9.17, 15) is 43.2 Å². The van der Waals surface area contributed by atoms with E-state index in [4.69, 9.17) is 37.0 Å². The third-order valence-electron chi connectivity index (χ3n) is 17.0. The van der Waals surface area contributed by atoms with Gasteiger partial charge >= 0.3 is 39.5 Å². The fourth-order valence-electron chi connectivity index (χ4n) is 10.9. The molecule has 0 fully saturated rings. The molecule has 17 nitrogen and oxygen atoms in total. The highest BCUT2D eigenvalue weighted by molar-refractivity contribution is 7.47. The van der Waals surface area contributed by atoms with Crippen LogP contribution in [0.3, 0.4) is 0 Å². The highest BCUT2D eigenvalue weighted by Gasteiger charge is 2.30. The van der Waals surface area contributed by atoms with Crippen molar-refractivity contribution >= 4 is 39.5 Å². The summed E-state index contributed by atoms with van der Waals surface area (Å²) in [7, 11) is -9.94. The first-order chi connectivity index (χ1) is 47.7. The number of hydrogen-bond acceptors (Lipinski definition) is 15. The van der Waals surface area contributed by atoms with Gasteiger partial charge in [0, 0.05) is 25.7 Å². The van der Waals surface area contributed by atoms with E-state index in [1.54, 1.807) is 0 Å². The molecule has 0 aliphatic carbocycles. The topological polar surface area (TPSA) is 237 Å². The molecule has 0 saturated carbocycles. The van der Waals surface area contributed by atoms with Crippen LogP contribution in [0.15, 0.2) is 60.8 Å². The lowest BCUT2D eigenvalue weighted by Gasteiger charge is -2.21. The molecular weight excluding hydrogens is 1280 g/mol. The van der Waals surface area contributed by atoms with Crippen molar-refractivity contribution in [1.29, 1.82) is 0 Å². The zero-order chi connectivity index (χ0) is 71.8. The van der Waals surface area contributed by atoms with Gasteiger partial charge in [-0.05, 0) is 116 Å². The van der Waals surface area contributed by atoms with Crippen molar-refractivity contribution in [2.45, 2.75) is 380 Å². The predicted octanol–water partition coefficient (Wildman–Crippen LogP) is 22.7. The van der Waals surface area contributed by atoms with E-state index < -0.39 is 97.5 Å². The normalized spacial score (nSPS) is 14.2. The Kier molecular flexibility index (Phi) is 69.7. The maximum Gasteiger partial charge on any atom is 0.472 e. The number of ether oxygens (including phenoxy) is 4. The number of aliphatic hydroxyl groups is 1. The number of rotatable bonds is 75. The zero-order valence-electron chi connectivity index (χ0n) is 62.5. The second-order valence-corrected chi connectivity index (χ2v) is 29.6. The first-order valence-corrected chi connectivity index (χ1v) is 42.5. The minimum absolute atomic E-state index is 0.0874. The Labute approximate surface area is 597 Å². The maximum atomic E-state index is 13.1. The van der Waals surface area contributed by atoms with Crippen LogP contribution in [0, 0.1) is 0 Å². The van der Waals surface area contributed by atoms with E-state index in [1.165, 1.54) is 122 Å². The third-order valence-corrected chi connectivity index (χ3v) is 18.9. The third kappa shape index (κ3) is 71.2. The minimum atomic E-state index is -4.97.